The summed E-state index contributed by atoms with van der Waals surface area (Å²) in [6.45, 7) is 4.92. The predicted octanol–water partition coefficient (Wildman–Crippen LogP) is 5.85. The summed E-state index contributed by atoms with van der Waals surface area (Å²) in [6.07, 6.45) is 0.0422. The third-order valence-electron chi connectivity index (χ3n) is 5.46. The maximum absolute atomic E-state index is 13.6. The zero-order valence-corrected chi connectivity index (χ0v) is 24.0. The van der Waals surface area contributed by atoms with Crippen LogP contribution in [0.2, 0.25) is 0 Å². The number of benzene rings is 2. The van der Waals surface area contributed by atoms with Crippen molar-refractivity contribution in [2.24, 2.45) is 0 Å². The largest absolute Gasteiger partial charge is 0.456 e. The average Bonchev–Trinajstić information content (AvgIpc) is 3.45. The van der Waals surface area contributed by atoms with Gasteiger partial charge in [-0.1, -0.05) is 30.0 Å². The molecule has 2 amide bonds. The lowest BCUT2D eigenvalue weighted by molar-refractivity contribution is -0.127. The van der Waals surface area contributed by atoms with Gasteiger partial charge in [-0.15, -0.1) is 11.3 Å². The first-order chi connectivity index (χ1) is 18.8. The van der Waals surface area contributed by atoms with E-state index in [9.17, 15) is 28.3 Å². The van der Waals surface area contributed by atoms with Crippen LogP contribution in [0.5, 0.6) is 0 Å². The fourth-order valence-corrected chi connectivity index (χ4v) is 5.74. The molecule has 2 N–H and O–H groups in total. The summed E-state index contributed by atoms with van der Waals surface area (Å²) in [5, 5.41) is 14.8. The van der Waals surface area contributed by atoms with E-state index in [1.54, 1.807) is 38.3 Å². The number of hydrogen-bond acceptors (Lipinski definition) is 8. The number of thiocarbonyl (C=S) groups is 1. The van der Waals surface area contributed by atoms with Gasteiger partial charge in [-0.25, -0.2) is 13.6 Å². The molecule has 1 saturated heterocycles. The van der Waals surface area contributed by atoms with E-state index in [0.717, 1.165) is 28.8 Å². The normalized spacial score (nSPS) is 15.4. The summed E-state index contributed by atoms with van der Waals surface area (Å²) in [4.78, 5) is 39.8. The minimum Gasteiger partial charge on any atom is -0.456 e. The predicted molar refractivity (Wildman–Crippen MR) is 156 cm³/mol. The maximum atomic E-state index is 13.6. The number of thioether (sulfide) groups is 1. The lowest BCUT2D eigenvalue weighted by atomic mass is 10.1. The van der Waals surface area contributed by atoms with E-state index in [-0.39, 0.29) is 10.9 Å². The number of carbonyl (C=O) groups is 3. The van der Waals surface area contributed by atoms with Gasteiger partial charge in [0.1, 0.15) is 9.92 Å². The molecule has 12 heteroatoms. The van der Waals surface area contributed by atoms with Crippen molar-refractivity contribution in [3.8, 4) is 11.1 Å². The van der Waals surface area contributed by atoms with Crippen molar-refractivity contribution in [3.63, 3.8) is 0 Å². The number of aliphatic hydroxyl groups is 1. The van der Waals surface area contributed by atoms with E-state index in [4.69, 9.17) is 17.0 Å². The Morgan fingerprint density at radius 1 is 1.10 bits per heavy atom. The van der Waals surface area contributed by atoms with Crippen LogP contribution in [0.3, 0.4) is 0 Å². The number of rotatable bonds is 7. The Balaban J connectivity index is 1.37. The van der Waals surface area contributed by atoms with Gasteiger partial charge in [0.25, 0.3) is 11.8 Å². The smallest absolute Gasteiger partial charge is 0.338 e. The Morgan fingerprint density at radius 2 is 1.80 bits per heavy atom. The summed E-state index contributed by atoms with van der Waals surface area (Å²) >= 11 is 7.64. The molecule has 3 aromatic rings. The summed E-state index contributed by atoms with van der Waals surface area (Å²) in [5.41, 5.74) is 1.16. The molecule has 1 aliphatic heterocycles. The minimum atomic E-state index is -1.57. The van der Waals surface area contributed by atoms with Crippen LogP contribution in [0.1, 0.15) is 36.0 Å². The lowest BCUT2D eigenvalue weighted by Gasteiger charge is -2.20. The first kappa shape index (κ1) is 29.5. The highest BCUT2D eigenvalue weighted by Crippen LogP contribution is 2.35. The molecular formula is C28H24F2N2O5S3. The van der Waals surface area contributed by atoms with Gasteiger partial charge in [-0.05, 0) is 85.8 Å². The molecule has 2 aromatic carbocycles. The van der Waals surface area contributed by atoms with Crippen LogP contribution < -0.4 is 5.32 Å². The first-order valence-corrected chi connectivity index (χ1v) is 14.0. The highest BCUT2D eigenvalue weighted by molar-refractivity contribution is 8.26. The lowest BCUT2D eigenvalue weighted by Crippen LogP contribution is -2.41. The van der Waals surface area contributed by atoms with Gasteiger partial charge in [-0.3, -0.25) is 14.5 Å². The first-order valence-electron chi connectivity index (χ1n) is 11.9. The molecule has 1 fully saturated rings. The zero-order chi connectivity index (χ0) is 29.2. The number of β-amino-alcohol motifs (C(OH)–C–C–N with tert-alkyl or cyclic N) is 1. The van der Waals surface area contributed by atoms with E-state index in [1.807, 2.05) is 0 Å². The molecule has 1 unspecified atom stereocenters. The SMILES string of the molecule is CC(C)(C)OC(=O)c1ccc(NC(=O)C(O)CN2C(=O)C(=Cc3cc(-c4ccc(F)c(F)c4)cs3)SC2=S)cc1. The Kier molecular flexibility index (Phi) is 8.83. The average molecular weight is 603 g/mol. The number of hydrogen-bond donors (Lipinski definition) is 2. The van der Waals surface area contributed by atoms with Crippen LogP contribution in [0.4, 0.5) is 14.5 Å². The number of thiophene rings is 1. The maximum Gasteiger partial charge on any atom is 0.338 e. The molecule has 208 valence electrons. The molecule has 0 spiro atoms. The van der Waals surface area contributed by atoms with E-state index in [1.165, 1.54) is 41.7 Å². The van der Waals surface area contributed by atoms with Crippen molar-refractivity contribution in [2.75, 3.05) is 11.9 Å². The molecule has 0 saturated carbocycles. The van der Waals surface area contributed by atoms with Crippen LogP contribution in [-0.4, -0.2) is 50.4 Å². The van der Waals surface area contributed by atoms with Crippen LogP contribution in [0.25, 0.3) is 17.2 Å². The Morgan fingerprint density at radius 3 is 2.45 bits per heavy atom. The molecule has 7 nitrogen and oxygen atoms in total. The molecule has 2 heterocycles. The number of anilines is 1. The van der Waals surface area contributed by atoms with Crippen molar-refractivity contribution < 1.29 is 33.0 Å². The number of nitrogens with zero attached hydrogens (tertiary/aromatic N) is 1. The van der Waals surface area contributed by atoms with Crippen molar-refractivity contribution in [1.29, 1.82) is 0 Å². The van der Waals surface area contributed by atoms with E-state index in [0.29, 0.717) is 32.2 Å². The molecule has 1 aromatic heterocycles. The second kappa shape index (κ2) is 12.0. The second-order valence-corrected chi connectivity index (χ2v) is 12.4. The van der Waals surface area contributed by atoms with Gasteiger partial charge in [0.15, 0.2) is 17.7 Å². The molecule has 0 radical (unpaired) electrons. The number of ether oxygens (including phenoxy) is 1. The highest BCUT2D eigenvalue weighted by Gasteiger charge is 2.35. The minimum absolute atomic E-state index is 0.183. The number of halogens is 2. The standard InChI is InChI=1S/C28H24F2N2O5S3/c1-28(2,3)37-26(36)15-4-7-18(8-5-15)31-24(34)22(33)13-32-25(35)23(40-27(32)38)12-19-10-17(14-39-19)16-6-9-20(29)21(30)11-16/h4-12,14,22,33H,13H2,1-3H3,(H,31,34). The Hall–Kier alpha value is -3.45. The van der Waals surface area contributed by atoms with Gasteiger partial charge in [0.2, 0.25) is 0 Å². The van der Waals surface area contributed by atoms with E-state index < -0.39 is 41.1 Å². The summed E-state index contributed by atoms with van der Waals surface area (Å²) < 4.78 is 32.3. The topological polar surface area (TPSA) is 95.9 Å². The Labute approximate surface area is 242 Å². The Bertz CT molecular complexity index is 1510. The number of nitrogens with one attached hydrogen (secondary N) is 1. The number of aliphatic hydroxyl groups excluding tert-OH is 1. The monoisotopic (exact) mass is 602 g/mol. The molecule has 4 rings (SSSR count). The highest BCUT2D eigenvalue weighted by atomic mass is 32.2. The van der Waals surface area contributed by atoms with Crippen molar-refractivity contribution in [2.45, 2.75) is 32.5 Å². The van der Waals surface area contributed by atoms with E-state index >= 15 is 0 Å². The van der Waals surface area contributed by atoms with Crippen LogP contribution >= 0.6 is 35.3 Å². The van der Waals surface area contributed by atoms with Gasteiger partial charge >= 0.3 is 5.97 Å². The molecule has 0 aliphatic carbocycles. The van der Waals surface area contributed by atoms with Gasteiger partial charge in [0.05, 0.1) is 17.0 Å². The second-order valence-electron chi connectivity index (χ2n) is 9.74. The third-order valence-corrected chi connectivity index (χ3v) is 7.72. The molecule has 0 bridgehead atoms. The number of amides is 2. The van der Waals surface area contributed by atoms with Crippen molar-refractivity contribution >= 4 is 69.2 Å². The van der Waals surface area contributed by atoms with Crippen molar-refractivity contribution in [3.05, 3.63) is 80.9 Å². The summed E-state index contributed by atoms with van der Waals surface area (Å²) in [6, 6.07) is 11.3. The molecule has 1 atom stereocenters. The fourth-order valence-electron chi connectivity index (χ4n) is 3.55. The van der Waals surface area contributed by atoms with Crippen LogP contribution in [0.15, 0.2) is 58.8 Å². The number of esters is 1. The molecule has 40 heavy (non-hydrogen) atoms. The quantitative estimate of drug-likeness (QED) is 0.199. The van der Waals surface area contributed by atoms with Crippen molar-refractivity contribution in [1.82, 2.24) is 4.90 Å². The van der Waals surface area contributed by atoms with E-state index in [2.05, 4.69) is 5.32 Å². The number of carbonyl (C=O) groups excluding carboxylic acids is 3. The van der Waals surface area contributed by atoms with Gasteiger partial charge in [-0.2, -0.15) is 0 Å². The van der Waals surface area contributed by atoms with Gasteiger partial charge in [0, 0.05) is 10.6 Å². The molecular weight excluding hydrogens is 579 g/mol. The van der Waals surface area contributed by atoms with Crippen LogP contribution in [0, 0.1) is 11.6 Å². The van der Waals surface area contributed by atoms with Crippen LogP contribution in [-0.2, 0) is 14.3 Å². The fraction of sp³-hybridized carbons (Fsp3) is 0.214. The zero-order valence-electron chi connectivity index (χ0n) is 21.6. The third kappa shape index (κ3) is 7.19. The molecule has 1 aliphatic rings. The van der Waals surface area contributed by atoms with Gasteiger partial charge < -0.3 is 15.2 Å². The summed E-state index contributed by atoms with van der Waals surface area (Å²) in [5.74, 6) is -3.61. The summed E-state index contributed by atoms with van der Waals surface area (Å²) in [7, 11) is 0.